The Balaban J connectivity index is 1.84. The van der Waals surface area contributed by atoms with Gasteiger partial charge in [-0.2, -0.15) is 0 Å². The van der Waals surface area contributed by atoms with Crippen molar-refractivity contribution >= 4 is 11.5 Å². The Kier molecular flexibility index (Phi) is 5.27. The normalized spacial score (nSPS) is 16.5. The molecule has 0 aliphatic heterocycles. The highest BCUT2D eigenvalue weighted by molar-refractivity contribution is 5.80. The van der Waals surface area contributed by atoms with Crippen molar-refractivity contribution in [1.29, 1.82) is 0 Å². The Labute approximate surface area is 143 Å². The molecule has 0 saturated heterocycles. The molecule has 1 atom stereocenters. The van der Waals surface area contributed by atoms with E-state index in [9.17, 15) is 4.79 Å². The lowest BCUT2D eigenvalue weighted by molar-refractivity contribution is -0.143. The van der Waals surface area contributed by atoms with Crippen molar-refractivity contribution in [1.82, 2.24) is 0 Å². The first-order valence-electron chi connectivity index (χ1n) is 8.46. The number of hydrogen-bond donors (Lipinski definition) is 0. The molecule has 2 aromatic carbocycles. The summed E-state index contributed by atoms with van der Waals surface area (Å²) in [6, 6.07) is 20.9. The summed E-state index contributed by atoms with van der Waals surface area (Å²) in [6.07, 6.45) is 5.51. The Bertz CT molecular complexity index is 742. The largest absolute Gasteiger partial charge is 0.466 e. The molecule has 0 N–H and O–H groups in total. The number of allylic oxidation sites excluding steroid dienone is 4. The molecular weight excluding hydrogens is 296 g/mol. The topological polar surface area (TPSA) is 26.3 Å². The summed E-state index contributed by atoms with van der Waals surface area (Å²) in [4.78, 5) is 11.7. The van der Waals surface area contributed by atoms with E-state index < -0.39 is 0 Å². The lowest BCUT2D eigenvalue weighted by atomic mass is 9.83. The maximum Gasteiger partial charge on any atom is 0.306 e. The van der Waals surface area contributed by atoms with Gasteiger partial charge in [-0.25, -0.2) is 0 Å². The summed E-state index contributed by atoms with van der Waals surface area (Å²) in [5, 5.41) is 0. The van der Waals surface area contributed by atoms with Gasteiger partial charge in [0.2, 0.25) is 0 Å². The van der Waals surface area contributed by atoms with E-state index >= 15 is 0 Å². The zero-order chi connectivity index (χ0) is 16.8. The molecule has 1 aliphatic rings. The van der Waals surface area contributed by atoms with E-state index in [2.05, 4.69) is 60.7 Å². The molecule has 0 radical (unpaired) electrons. The highest BCUT2D eigenvalue weighted by Crippen LogP contribution is 2.43. The first-order valence-corrected chi connectivity index (χ1v) is 8.46. The fourth-order valence-corrected chi connectivity index (χ4v) is 3.23. The highest BCUT2D eigenvalue weighted by atomic mass is 16.5. The average molecular weight is 318 g/mol. The van der Waals surface area contributed by atoms with E-state index in [1.165, 1.54) is 22.3 Å². The van der Waals surface area contributed by atoms with E-state index in [1.807, 2.05) is 19.1 Å². The van der Waals surface area contributed by atoms with E-state index in [4.69, 9.17) is 4.74 Å². The molecule has 0 fully saturated rings. The minimum atomic E-state index is -0.127. The molecule has 24 heavy (non-hydrogen) atoms. The van der Waals surface area contributed by atoms with Crippen molar-refractivity contribution in [3.63, 3.8) is 0 Å². The van der Waals surface area contributed by atoms with Gasteiger partial charge < -0.3 is 4.74 Å². The summed E-state index contributed by atoms with van der Waals surface area (Å²) >= 11 is 0. The Morgan fingerprint density at radius 2 is 1.62 bits per heavy atom. The Hall–Kier alpha value is -2.61. The Morgan fingerprint density at radius 1 is 0.958 bits per heavy atom. The summed E-state index contributed by atoms with van der Waals surface area (Å²) in [7, 11) is 0. The van der Waals surface area contributed by atoms with Crippen LogP contribution in [0, 0.1) is 0 Å². The second-order valence-corrected chi connectivity index (χ2v) is 5.88. The molecule has 0 spiro atoms. The standard InChI is InChI=1S/C22H22O2/c1-2-24-21(23)16-14-19-13-15-20(17-9-5-3-6-10-17)22(19)18-11-7-4-8-12-18/h3-13,15,22H,2,14,16H2,1H3. The van der Waals surface area contributed by atoms with Crippen LogP contribution in [0.5, 0.6) is 0 Å². The van der Waals surface area contributed by atoms with Crippen LogP contribution >= 0.6 is 0 Å². The van der Waals surface area contributed by atoms with E-state index in [0.29, 0.717) is 13.0 Å². The molecule has 0 bridgehead atoms. The molecule has 2 nitrogen and oxygen atoms in total. The molecule has 0 amide bonds. The van der Waals surface area contributed by atoms with Crippen LogP contribution in [-0.2, 0) is 9.53 Å². The molecule has 2 heteroatoms. The summed E-state index contributed by atoms with van der Waals surface area (Å²) in [6.45, 7) is 2.28. The monoisotopic (exact) mass is 318 g/mol. The van der Waals surface area contributed by atoms with Crippen molar-refractivity contribution in [2.45, 2.75) is 25.7 Å². The summed E-state index contributed by atoms with van der Waals surface area (Å²) in [5.74, 6) is 0.0846. The molecule has 2 aromatic rings. The fourth-order valence-electron chi connectivity index (χ4n) is 3.23. The second-order valence-electron chi connectivity index (χ2n) is 5.88. The van der Waals surface area contributed by atoms with Crippen molar-refractivity contribution in [3.8, 4) is 0 Å². The second kappa shape index (κ2) is 7.78. The Morgan fingerprint density at radius 3 is 2.29 bits per heavy atom. The van der Waals surface area contributed by atoms with Crippen molar-refractivity contribution in [2.75, 3.05) is 6.61 Å². The molecule has 1 aliphatic carbocycles. The number of ether oxygens (including phenoxy) is 1. The molecule has 122 valence electrons. The third-order valence-corrected chi connectivity index (χ3v) is 4.32. The van der Waals surface area contributed by atoms with Gasteiger partial charge >= 0.3 is 5.97 Å². The van der Waals surface area contributed by atoms with Crippen LogP contribution in [0.25, 0.3) is 5.57 Å². The van der Waals surface area contributed by atoms with E-state index in [-0.39, 0.29) is 11.9 Å². The van der Waals surface area contributed by atoms with Crippen LogP contribution in [0.4, 0.5) is 0 Å². The third kappa shape index (κ3) is 3.65. The average Bonchev–Trinajstić information content (AvgIpc) is 3.06. The van der Waals surface area contributed by atoms with Gasteiger partial charge in [-0.15, -0.1) is 0 Å². The predicted octanol–water partition coefficient (Wildman–Crippen LogP) is 5.14. The van der Waals surface area contributed by atoms with Gasteiger partial charge in [-0.3, -0.25) is 4.79 Å². The molecule has 0 aromatic heterocycles. The number of hydrogen-bond acceptors (Lipinski definition) is 2. The van der Waals surface area contributed by atoms with Gasteiger partial charge in [-0.05, 0) is 30.0 Å². The fraction of sp³-hybridized carbons (Fsp3) is 0.227. The molecular formula is C22H22O2. The predicted molar refractivity (Wildman–Crippen MR) is 97.6 cm³/mol. The van der Waals surface area contributed by atoms with Gasteiger partial charge in [0.15, 0.2) is 0 Å². The maximum atomic E-state index is 11.7. The molecule has 0 heterocycles. The van der Waals surface area contributed by atoms with Crippen LogP contribution in [0.3, 0.4) is 0 Å². The van der Waals surface area contributed by atoms with Crippen LogP contribution in [0.1, 0.15) is 36.8 Å². The van der Waals surface area contributed by atoms with Gasteiger partial charge in [-0.1, -0.05) is 78.4 Å². The number of carbonyl (C=O) groups is 1. The van der Waals surface area contributed by atoms with Crippen LogP contribution in [0.15, 0.2) is 78.4 Å². The lowest BCUT2D eigenvalue weighted by Gasteiger charge is -2.20. The molecule has 0 saturated carbocycles. The van der Waals surface area contributed by atoms with Gasteiger partial charge in [0.1, 0.15) is 0 Å². The zero-order valence-electron chi connectivity index (χ0n) is 13.9. The van der Waals surface area contributed by atoms with Crippen LogP contribution in [0.2, 0.25) is 0 Å². The van der Waals surface area contributed by atoms with E-state index in [0.717, 1.165) is 6.42 Å². The minimum Gasteiger partial charge on any atom is -0.466 e. The zero-order valence-corrected chi connectivity index (χ0v) is 13.9. The van der Waals surface area contributed by atoms with E-state index in [1.54, 1.807) is 0 Å². The smallest absolute Gasteiger partial charge is 0.306 e. The van der Waals surface area contributed by atoms with Crippen LogP contribution in [-0.4, -0.2) is 12.6 Å². The van der Waals surface area contributed by atoms with Crippen LogP contribution < -0.4 is 0 Å². The van der Waals surface area contributed by atoms with Crippen molar-refractivity contribution in [2.24, 2.45) is 0 Å². The highest BCUT2D eigenvalue weighted by Gasteiger charge is 2.26. The number of benzene rings is 2. The van der Waals surface area contributed by atoms with Gasteiger partial charge in [0, 0.05) is 12.3 Å². The molecule has 3 rings (SSSR count). The first kappa shape index (κ1) is 16.3. The molecule has 1 unspecified atom stereocenters. The van der Waals surface area contributed by atoms with Gasteiger partial charge in [0.05, 0.1) is 6.61 Å². The maximum absolute atomic E-state index is 11.7. The minimum absolute atomic E-state index is 0.127. The first-order chi connectivity index (χ1) is 11.8. The SMILES string of the molecule is CCOC(=O)CCC1=CC=C(c2ccccc2)C1c1ccccc1. The number of carbonyl (C=O) groups excluding carboxylic acids is 1. The van der Waals surface area contributed by atoms with Crippen molar-refractivity contribution < 1.29 is 9.53 Å². The number of esters is 1. The lowest BCUT2D eigenvalue weighted by Crippen LogP contribution is -2.07. The van der Waals surface area contributed by atoms with Gasteiger partial charge in [0.25, 0.3) is 0 Å². The summed E-state index contributed by atoms with van der Waals surface area (Å²) in [5.41, 5.74) is 5.06. The van der Waals surface area contributed by atoms with Crippen molar-refractivity contribution in [3.05, 3.63) is 89.5 Å². The third-order valence-electron chi connectivity index (χ3n) is 4.32. The number of rotatable bonds is 6. The quantitative estimate of drug-likeness (QED) is 0.690. The summed E-state index contributed by atoms with van der Waals surface area (Å²) < 4.78 is 5.07.